The van der Waals surface area contributed by atoms with Gasteiger partial charge in [-0.25, -0.2) is 5.43 Å². The quantitative estimate of drug-likeness (QED) is 0.830. The van der Waals surface area contributed by atoms with Crippen LogP contribution in [0.5, 0.6) is 0 Å². The molecule has 104 valence electrons. The van der Waals surface area contributed by atoms with Gasteiger partial charge in [0.25, 0.3) is 0 Å². The van der Waals surface area contributed by atoms with E-state index in [0.717, 1.165) is 34.0 Å². The summed E-state index contributed by atoms with van der Waals surface area (Å²) in [5, 5.41) is 7.03. The van der Waals surface area contributed by atoms with Gasteiger partial charge in [-0.1, -0.05) is 0 Å². The number of fused-ring (bicyclic) bond motifs is 3. The molecule has 0 saturated carbocycles. The van der Waals surface area contributed by atoms with Crippen LogP contribution < -0.4 is 10.7 Å². The Balaban J connectivity index is 2.03. The van der Waals surface area contributed by atoms with Gasteiger partial charge in [0.2, 0.25) is 11.8 Å². The Morgan fingerprint density at radius 2 is 2.35 bits per heavy atom. The molecule has 2 N–H and O–H groups in total. The highest BCUT2D eigenvalue weighted by Crippen LogP contribution is 2.35. The molecule has 3 rings (SSSR count). The topological polar surface area (TPSA) is 70.6 Å². The standard InChI is InChI=1S/C14H15N3O2S/c1-8(18)15-10-2-3-12-11(7-10)14-9(4-5-20-12)6-13(19)16-17-14/h2-3,7,9H,4-6H2,1H3,(H,15,18)(H,16,19). The Kier molecular flexibility index (Phi) is 3.48. The van der Waals surface area contributed by atoms with Crippen molar-refractivity contribution < 1.29 is 9.59 Å². The van der Waals surface area contributed by atoms with E-state index < -0.39 is 0 Å². The van der Waals surface area contributed by atoms with E-state index in [0.29, 0.717) is 6.42 Å². The Bertz CT molecular complexity index is 612. The number of rotatable bonds is 1. The average molecular weight is 289 g/mol. The molecule has 5 nitrogen and oxygen atoms in total. The summed E-state index contributed by atoms with van der Waals surface area (Å²) in [4.78, 5) is 23.8. The lowest BCUT2D eigenvalue weighted by Crippen LogP contribution is -2.33. The monoisotopic (exact) mass is 289 g/mol. The van der Waals surface area contributed by atoms with Crippen molar-refractivity contribution in [2.24, 2.45) is 11.0 Å². The van der Waals surface area contributed by atoms with Gasteiger partial charge in [0.05, 0.1) is 5.71 Å². The molecule has 2 heterocycles. The number of hydrogen-bond acceptors (Lipinski definition) is 4. The summed E-state index contributed by atoms with van der Waals surface area (Å²) >= 11 is 1.77. The fraction of sp³-hybridized carbons (Fsp3) is 0.357. The molecular weight excluding hydrogens is 274 g/mol. The Labute approximate surface area is 121 Å². The van der Waals surface area contributed by atoms with Gasteiger partial charge in [0.1, 0.15) is 0 Å². The highest BCUT2D eigenvalue weighted by Gasteiger charge is 2.29. The van der Waals surface area contributed by atoms with Gasteiger partial charge in [0.15, 0.2) is 0 Å². The lowest BCUT2D eigenvalue weighted by atomic mass is 9.90. The van der Waals surface area contributed by atoms with Gasteiger partial charge in [-0.15, -0.1) is 11.8 Å². The predicted octanol–water partition coefficient (Wildman–Crippen LogP) is 1.98. The largest absolute Gasteiger partial charge is 0.326 e. The molecule has 20 heavy (non-hydrogen) atoms. The maximum absolute atomic E-state index is 11.5. The van der Waals surface area contributed by atoms with Gasteiger partial charge in [-0.3, -0.25) is 9.59 Å². The normalized spacial score (nSPS) is 20.9. The molecule has 1 aromatic rings. The van der Waals surface area contributed by atoms with Crippen molar-refractivity contribution in [1.29, 1.82) is 0 Å². The molecule has 2 aliphatic heterocycles. The van der Waals surface area contributed by atoms with Crippen molar-refractivity contribution in [2.45, 2.75) is 24.7 Å². The van der Waals surface area contributed by atoms with Crippen LogP contribution >= 0.6 is 11.8 Å². The molecule has 1 aromatic carbocycles. The van der Waals surface area contributed by atoms with Crippen molar-refractivity contribution in [2.75, 3.05) is 11.1 Å². The van der Waals surface area contributed by atoms with E-state index in [-0.39, 0.29) is 17.7 Å². The third-order valence-electron chi connectivity index (χ3n) is 3.42. The molecule has 0 spiro atoms. The number of thioether (sulfide) groups is 1. The summed E-state index contributed by atoms with van der Waals surface area (Å²) < 4.78 is 0. The van der Waals surface area contributed by atoms with Gasteiger partial charge < -0.3 is 5.32 Å². The first-order valence-electron chi connectivity index (χ1n) is 6.55. The molecule has 6 heteroatoms. The second kappa shape index (κ2) is 5.28. The molecule has 0 bridgehead atoms. The molecule has 1 unspecified atom stereocenters. The first kappa shape index (κ1) is 13.2. The smallest absolute Gasteiger partial charge is 0.240 e. The van der Waals surface area contributed by atoms with E-state index >= 15 is 0 Å². The van der Waals surface area contributed by atoms with Crippen LogP contribution in [-0.4, -0.2) is 23.3 Å². The summed E-state index contributed by atoms with van der Waals surface area (Å²) in [5.74, 6) is 1.03. The molecule has 2 amide bonds. The molecular formula is C14H15N3O2S. The Morgan fingerprint density at radius 3 is 3.15 bits per heavy atom. The zero-order valence-electron chi connectivity index (χ0n) is 11.1. The van der Waals surface area contributed by atoms with Gasteiger partial charge in [-0.05, 0) is 30.4 Å². The minimum atomic E-state index is -0.0957. The zero-order valence-corrected chi connectivity index (χ0v) is 11.9. The van der Waals surface area contributed by atoms with Gasteiger partial charge in [0, 0.05) is 35.4 Å². The van der Waals surface area contributed by atoms with Crippen LogP contribution in [0.15, 0.2) is 28.2 Å². The van der Waals surface area contributed by atoms with Crippen molar-refractivity contribution >= 4 is 35.0 Å². The first-order chi connectivity index (χ1) is 9.63. The molecule has 0 aliphatic carbocycles. The van der Waals surface area contributed by atoms with Crippen LogP contribution in [0.4, 0.5) is 5.69 Å². The molecule has 0 saturated heterocycles. The summed E-state index contributed by atoms with van der Waals surface area (Å²) in [5.41, 5.74) is 5.27. The number of carbonyl (C=O) groups is 2. The highest BCUT2D eigenvalue weighted by molar-refractivity contribution is 7.99. The van der Waals surface area contributed by atoms with E-state index in [1.54, 1.807) is 11.8 Å². The number of nitrogens with one attached hydrogen (secondary N) is 2. The predicted molar refractivity (Wildman–Crippen MR) is 78.9 cm³/mol. The molecule has 1 atom stereocenters. The maximum atomic E-state index is 11.5. The van der Waals surface area contributed by atoms with Gasteiger partial charge >= 0.3 is 0 Å². The summed E-state index contributed by atoms with van der Waals surface area (Å²) in [6.07, 6.45) is 1.43. The molecule has 0 aromatic heterocycles. The summed E-state index contributed by atoms with van der Waals surface area (Å²) in [6.45, 7) is 1.49. The Morgan fingerprint density at radius 1 is 1.50 bits per heavy atom. The van der Waals surface area contributed by atoms with Crippen molar-refractivity contribution in [1.82, 2.24) is 5.43 Å². The van der Waals surface area contributed by atoms with Crippen LogP contribution in [0.2, 0.25) is 0 Å². The third-order valence-corrected chi connectivity index (χ3v) is 4.53. The van der Waals surface area contributed by atoms with E-state index in [2.05, 4.69) is 15.8 Å². The van der Waals surface area contributed by atoms with E-state index in [1.165, 1.54) is 6.92 Å². The van der Waals surface area contributed by atoms with E-state index in [1.807, 2.05) is 18.2 Å². The average Bonchev–Trinajstić information content (AvgIpc) is 2.56. The van der Waals surface area contributed by atoms with Crippen molar-refractivity contribution in [3.63, 3.8) is 0 Å². The van der Waals surface area contributed by atoms with E-state index in [4.69, 9.17) is 0 Å². The van der Waals surface area contributed by atoms with Crippen molar-refractivity contribution in [3.05, 3.63) is 23.8 Å². The van der Waals surface area contributed by atoms with Crippen LogP contribution in [-0.2, 0) is 9.59 Å². The lowest BCUT2D eigenvalue weighted by molar-refractivity contribution is -0.122. The summed E-state index contributed by atoms with van der Waals surface area (Å²) in [6, 6.07) is 5.85. The Hall–Kier alpha value is -1.82. The van der Waals surface area contributed by atoms with E-state index in [9.17, 15) is 9.59 Å². The minimum absolute atomic E-state index is 0.0229. The number of hydrogen-bond donors (Lipinski definition) is 2. The van der Waals surface area contributed by atoms with Crippen LogP contribution in [0.1, 0.15) is 25.3 Å². The third kappa shape index (κ3) is 2.56. The first-order valence-corrected chi connectivity index (χ1v) is 7.53. The molecule has 2 aliphatic rings. The zero-order chi connectivity index (χ0) is 14.1. The number of carbonyl (C=O) groups excluding carboxylic acids is 2. The second-order valence-corrected chi connectivity index (χ2v) is 6.10. The lowest BCUT2D eigenvalue weighted by Gasteiger charge is -2.21. The number of benzene rings is 1. The number of nitrogens with zero attached hydrogens (tertiary/aromatic N) is 1. The SMILES string of the molecule is CC(=O)Nc1ccc2c(c1)C1=NNC(=O)CC1CCS2. The fourth-order valence-corrected chi connectivity index (χ4v) is 3.65. The molecule has 0 radical (unpaired) electrons. The number of hydrazone groups is 1. The fourth-order valence-electron chi connectivity index (χ4n) is 2.55. The van der Waals surface area contributed by atoms with Crippen LogP contribution in [0, 0.1) is 5.92 Å². The van der Waals surface area contributed by atoms with Gasteiger partial charge in [-0.2, -0.15) is 5.10 Å². The summed E-state index contributed by atoms with van der Waals surface area (Å²) in [7, 11) is 0. The second-order valence-electron chi connectivity index (χ2n) is 4.96. The number of amides is 2. The van der Waals surface area contributed by atoms with Crippen molar-refractivity contribution in [3.8, 4) is 0 Å². The van der Waals surface area contributed by atoms with Crippen LogP contribution in [0.3, 0.4) is 0 Å². The molecule has 0 fully saturated rings. The number of anilines is 1. The highest BCUT2D eigenvalue weighted by atomic mass is 32.2. The maximum Gasteiger partial charge on any atom is 0.240 e. The minimum Gasteiger partial charge on any atom is -0.326 e. The van der Waals surface area contributed by atoms with Crippen LogP contribution in [0.25, 0.3) is 0 Å².